The number of benzene rings is 1. The summed E-state index contributed by atoms with van der Waals surface area (Å²) in [5, 5.41) is 14.0. The van der Waals surface area contributed by atoms with Gasteiger partial charge < -0.3 is 5.11 Å². The number of carbonyl (C=O) groups is 1. The molecule has 0 saturated heterocycles. The highest BCUT2D eigenvalue weighted by atomic mass is 16.4. The molecule has 1 N–H and O–H groups in total. The molecule has 1 aliphatic heterocycles. The largest absolute Gasteiger partial charge is 0.478 e. The number of nitrogens with zero attached hydrogens (tertiary/aromatic N) is 3. The van der Waals surface area contributed by atoms with Gasteiger partial charge in [0.1, 0.15) is 0 Å². The van der Waals surface area contributed by atoms with Crippen molar-refractivity contribution in [2.45, 2.75) is 45.3 Å². The molecule has 0 amide bonds. The third-order valence-corrected chi connectivity index (χ3v) is 5.10. The van der Waals surface area contributed by atoms with Crippen LogP contribution >= 0.6 is 0 Å². The number of carboxylic acid groups (broad SMARTS) is 1. The zero-order chi connectivity index (χ0) is 16.0. The average Bonchev–Trinajstić information content (AvgIpc) is 3.08. The van der Waals surface area contributed by atoms with Crippen molar-refractivity contribution in [3.8, 4) is 0 Å². The fourth-order valence-corrected chi connectivity index (χ4v) is 3.96. The lowest BCUT2D eigenvalue weighted by molar-refractivity contribution is 0.0695. The first-order valence-corrected chi connectivity index (χ1v) is 8.23. The van der Waals surface area contributed by atoms with Crippen molar-refractivity contribution in [3.05, 3.63) is 51.8 Å². The summed E-state index contributed by atoms with van der Waals surface area (Å²) in [4.78, 5) is 13.7. The van der Waals surface area contributed by atoms with Crippen LogP contribution in [0.1, 0.15) is 51.3 Å². The van der Waals surface area contributed by atoms with Crippen molar-refractivity contribution < 1.29 is 9.90 Å². The lowest BCUT2D eigenvalue weighted by Gasteiger charge is -2.17. The van der Waals surface area contributed by atoms with Crippen LogP contribution in [-0.2, 0) is 39.5 Å². The molecule has 0 saturated carbocycles. The van der Waals surface area contributed by atoms with Gasteiger partial charge in [0.05, 0.1) is 17.0 Å². The predicted molar refractivity (Wildman–Crippen MR) is 86.2 cm³/mol. The van der Waals surface area contributed by atoms with Gasteiger partial charge in [-0.1, -0.05) is 12.1 Å². The van der Waals surface area contributed by atoms with E-state index in [1.54, 1.807) is 6.07 Å². The monoisotopic (exact) mass is 311 g/mol. The minimum Gasteiger partial charge on any atom is -0.478 e. The SMILES string of the molecule is Cn1nc2c(c1CN1Cc3cccc(C(=O)O)c3C1)CCCC2. The maximum absolute atomic E-state index is 11.4. The molecule has 0 spiro atoms. The summed E-state index contributed by atoms with van der Waals surface area (Å²) in [5.74, 6) is -0.832. The Morgan fingerprint density at radius 1 is 1.22 bits per heavy atom. The Morgan fingerprint density at radius 2 is 2.04 bits per heavy atom. The highest BCUT2D eigenvalue weighted by Gasteiger charge is 2.27. The summed E-state index contributed by atoms with van der Waals surface area (Å²) in [6, 6.07) is 5.59. The van der Waals surface area contributed by atoms with Crippen LogP contribution in [-0.4, -0.2) is 25.8 Å². The van der Waals surface area contributed by atoms with Gasteiger partial charge in [0.15, 0.2) is 0 Å². The fourth-order valence-electron chi connectivity index (χ4n) is 3.96. The third kappa shape index (κ3) is 2.45. The second-order valence-corrected chi connectivity index (χ2v) is 6.60. The number of aromatic nitrogens is 2. The average molecular weight is 311 g/mol. The van der Waals surface area contributed by atoms with E-state index in [2.05, 4.69) is 10.00 Å². The Balaban J connectivity index is 1.59. The second kappa shape index (κ2) is 5.49. The van der Waals surface area contributed by atoms with Crippen molar-refractivity contribution in [1.82, 2.24) is 14.7 Å². The summed E-state index contributed by atoms with van der Waals surface area (Å²) < 4.78 is 2.02. The van der Waals surface area contributed by atoms with Crippen LogP contribution in [0.15, 0.2) is 18.2 Å². The Kier molecular flexibility index (Phi) is 3.45. The van der Waals surface area contributed by atoms with E-state index in [1.165, 1.54) is 29.8 Å². The quantitative estimate of drug-likeness (QED) is 0.946. The van der Waals surface area contributed by atoms with Gasteiger partial charge in [0.2, 0.25) is 0 Å². The van der Waals surface area contributed by atoms with Gasteiger partial charge in [-0.05, 0) is 48.4 Å². The van der Waals surface area contributed by atoms with E-state index in [1.807, 2.05) is 23.9 Å². The topological polar surface area (TPSA) is 58.4 Å². The lowest BCUT2D eigenvalue weighted by atomic mass is 9.96. The number of fused-ring (bicyclic) bond motifs is 2. The molecule has 4 rings (SSSR count). The van der Waals surface area contributed by atoms with E-state index < -0.39 is 5.97 Å². The Bertz CT molecular complexity index is 779. The van der Waals surface area contributed by atoms with E-state index in [-0.39, 0.29) is 0 Å². The molecule has 0 atom stereocenters. The summed E-state index contributed by atoms with van der Waals surface area (Å²) in [5.41, 5.74) is 6.53. The first-order chi connectivity index (χ1) is 11.1. The second-order valence-electron chi connectivity index (χ2n) is 6.60. The highest BCUT2D eigenvalue weighted by molar-refractivity contribution is 5.90. The summed E-state index contributed by atoms with van der Waals surface area (Å²) in [7, 11) is 2.03. The first kappa shape index (κ1) is 14.5. The number of aromatic carboxylic acids is 1. The van der Waals surface area contributed by atoms with Crippen LogP contribution < -0.4 is 0 Å². The van der Waals surface area contributed by atoms with Crippen molar-refractivity contribution >= 4 is 5.97 Å². The summed E-state index contributed by atoms with van der Waals surface area (Å²) in [6.07, 6.45) is 4.70. The molecule has 2 aliphatic rings. The summed E-state index contributed by atoms with van der Waals surface area (Å²) >= 11 is 0. The molecule has 5 heteroatoms. The smallest absolute Gasteiger partial charge is 0.336 e. The van der Waals surface area contributed by atoms with Crippen molar-refractivity contribution in [2.75, 3.05) is 0 Å². The van der Waals surface area contributed by atoms with E-state index >= 15 is 0 Å². The highest BCUT2D eigenvalue weighted by Crippen LogP contribution is 2.30. The van der Waals surface area contributed by atoms with Crippen LogP contribution in [0.3, 0.4) is 0 Å². The Hall–Kier alpha value is -2.14. The molecule has 0 radical (unpaired) electrons. The first-order valence-electron chi connectivity index (χ1n) is 8.23. The minimum atomic E-state index is -0.832. The van der Waals surface area contributed by atoms with Gasteiger partial charge in [0.25, 0.3) is 0 Å². The zero-order valence-electron chi connectivity index (χ0n) is 13.4. The van der Waals surface area contributed by atoms with Crippen LogP contribution in [0.25, 0.3) is 0 Å². The van der Waals surface area contributed by atoms with Crippen molar-refractivity contribution in [2.24, 2.45) is 7.05 Å². The fraction of sp³-hybridized carbons (Fsp3) is 0.444. The molecule has 1 aromatic heterocycles. The molecule has 0 unspecified atom stereocenters. The molecule has 0 bridgehead atoms. The van der Waals surface area contributed by atoms with Gasteiger partial charge in [-0.25, -0.2) is 4.79 Å². The number of hydrogen-bond donors (Lipinski definition) is 1. The summed E-state index contributed by atoms with van der Waals surface area (Å²) in [6.45, 7) is 2.36. The van der Waals surface area contributed by atoms with Crippen LogP contribution in [0, 0.1) is 0 Å². The van der Waals surface area contributed by atoms with E-state index in [9.17, 15) is 9.90 Å². The number of hydrogen-bond acceptors (Lipinski definition) is 3. The maximum atomic E-state index is 11.4. The van der Waals surface area contributed by atoms with Crippen molar-refractivity contribution in [1.29, 1.82) is 0 Å². The molecular formula is C18H21N3O2. The zero-order valence-corrected chi connectivity index (χ0v) is 13.4. The van der Waals surface area contributed by atoms with Crippen molar-refractivity contribution in [3.63, 3.8) is 0 Å². The van der Waals surface area contributed by atoms with Gasteiger partial charge in [-0.3, -0.25) is 9.58 Å². The van der Waals surface area contributed by atoms with Crippen LogP contribution in [0.2, 0.25) is 0 Å². The van der Waals surface area contributed by atoms with Gasteiger partial charge in [-0.15, -0.1) is 0 Å². The molecule has 120 valence electrons. The van der Waals surface area contributed by atoms with Gasteiger partial charge in [-0.2, -0.15) is 5.10 Å². The van der Waals surface area contributed by atoms with Crippen LogP contribution in [0.5, 0.6) is 0 Å². The van der Waals surface area contributed by atoms with Gasteiger partial charge >= 0.3 is 5.97 Å². The molecule has 0 fully saturated rings. The molecule has 23 heavy (non-hydrogen) atoms. The Labute approximate surface area is 135 Å². The molecule has 1 aromatic carbocycles. The number of carboxylic acids is 1. The molecule has 1 aliphatic carbocycles. The number of rotatable bonds is 3. The maximum Gasteiger partial charge on any atom is 0.336 e. The minimum absolute atomic E-state index is 0.442. The molecular weight excluding hydrogens is 290 g/mol. The standard InChI is InChI=1S/C18H21N3O2/c1-20-17(14-6-2-3-8-16(14)19-20)11-21-9-12-5-4-7-13(18(22)23)15(12)10-21/h4-5,7H,2-3,6,8-11H2,1H3,(H,22,23). The van der Waals surface area contributed by atoms with E-state index in [0.29, 0.717) is 12.1 Å². The number of aryl methyl sites for hydroxylation is 2. The molecule has 2 aromatic rings. The van der Waals surface area contributed by atoms with E-state index in [0.717, 1.165) is 37.1 Å². The van der Waals surface area contributed by atoms with Gasteiger partial charge in [0, 0.05) is 26.7 Å². The molecule has 5 nitrogen and oxygen atoms in total. The van der Waals surface area contributed by atoms with Crippen LogP contribution in [0.4, 0.5) is 0 Å². The Morgan fingerprint density at radius 3 is 2.87 bits per heavy atom. The third-order valence-electron chi connectivity index (χ3n) is 5.10. The lowest BCUT2D eigenvalue weighted by Crippen LogP contribution is -2.19. The normalized spacial score (nSPS) is 17.1. The van der Waals surface area contributed by atoms with E-state index in [4.69, 9.17) is 0 Å². The molecule has 2 heterocycles. The predicted octanol–water partition coefficient (Wildman–Crippen LogP) is 2.51.